The van der Waals surface area contributed by atoms with E-state index in [0.29, 0.717) is 30.3 Å². The highest BCUT2D eigenvalue weighted by Crippen LogP contribution is 2.34. The number of aromatic hydroxyl groups is 1. The van der Waals surface area contributed by atoms with E-state index in [9.17, 15) is 17.9 Å². The van der Waals surface area contributed by atoms with Crippen molar-refractivity contribution in [2.75, 3.05) is 18.4 Å². The summed E-state index contributed by atoms with van der Waals surface area (Å²) in [5, 5.41) is 13.3. The van der Waals surface area contributed by atoms with Crippen LogP contribution in [0.1, 0.15) is 6.42 Å². The van der Waals surface area contributed by atoms with Crippen LogP contribution in [0.4, 0.5) is 10.2 Å². The highest BCUT2D eigenvalue weighted by molar-refractivity contribution is 7.89. The highest BCUT2D eigenvalue weighted by Gasteiger charge is 2.17. The fourth-order valence-electron chi connectivity index (χ4n) is 4.09. The number of sulfonamides is 1. The van der Waals surface area contributed by atoms with Crippen LogP contribution in [0.15, 0.2) is 102 Å². The summed E-state index contributed by atoms with van der Waals surface area (Å²) in [6, 6.07) is 25.3. The highest BCUT2D eigenvalue weighted by atomic mass is 32.2. The first-order valence-electron chi connectivity index (χ1n) is 12.3. The maximum Gasteiger partial charge on any atom is 0.240 e. The molecule has 0 saturated heterocycles. The maximum atomic E-state index is 13.4. The molecule has 10 heteroatoms. The monoisotopic (exact) mass is 543 g/mol. The first-order valence-corrected chi connectivity index (χ1v) is 13.8. The molecule has 0 radical (unpaired) electrons. The van der Waals surface area contributed by atoms with Crippen molar-refractivity contribution in [2.24, 2.45) is 0 Å². The molecule has 0 bridgehead atoms. The predicted octanol–water partition coefficient (Wildman–Crippen LogP) is 5.43. The van der Waals surface area contributed by atoms with Gasteiger partial charge in [-0.15, -0.1) is 0 Å². The Labute approximate surface area is 225 Å². The number of aromatic nitrogens is 3. The van der Waals surface area contributed by atoms with Gasteiger partial charge in [-0.25, -0.2) is 27.5 Å². The SMILES string of the molecule is O=S(=O)(NCCCNc1cc(-c2[nH]c(-c3ccccc3)nc2-c2cccc(O)c2)ccn1)c1cccc(F)c1. The molecule has 2 heterocycles. The molecule has 4 N–H and O–H groups in total. The van der Waals surface area contributed by atoms with Crippen LogP contribution in [0.25, 0.3) is 33.9 Å². The Morgan fingerprint density at radius 1 is 0.846 bits per heavy atom. The number of imidazole rings is 1. The molecule has 0 aliphatic heterocycles. The van der Waals surface area contributed by atoms with Crippen molar-refractivity contribution >= 4 is 15.8 Å². The van der Waals surface area contributed by atoms with Gasteiger partial charge in [-0.2, -0.15) is 0 Å². The van der Waals surface area contributed by atoms with Crippen LogP contribution in [0.5, 0.6) is 5.75 Å². The average molecular weight is 544 g/mol. The number of phenolic OH excluding ortho intramolecular Hbond substituents is 1. The van der Waals surface area contributed by atoms with Crippen molar-refractivity contribution in [2.45, 2.75) is 11.3 Å². The molecule has 3 aromatic carbocycles. The van der Waals surface area contributed by atoms with E-state index < -0.39 is 15.8 Å². The van der Waals surface area contributed by atoms with E-state index >= 15 is 0 Å². The number of hydrogen-bond acceptors (Lipinski definition) is 6. The summed E-state index contributed by atoms with van der Waals surface area (Å²) < 4.78 is 40.6. The molecule has 5 rings (SSSR count). The molecule has 0 aliphatic carbocycles. The van der Waals surface area contributed by atoms with Gasteiger partial charge >= 0.3 is 0 Å². The number of nitrogens with zero attached hydrogens (tertiary/aromatic N) is 2. The standard InChI is InChI=1S/C29H26FN5O3S/c30-23-10-5-12-25(19-23)39(37,38)33-15-6-14-31-26-18-22(13-16-32-26)28-27(21-9-4-11-24(36)17-21)34-29(35-28)20-7-2-1-3-8-20/h1-5,7-13,16-19,33,36H,6,14-15H2,(H,31,32)(H,34,35). The van der Waals surface area contributed by atoms with E-state index in [1.54, 1.807) is 24.4 Å². The van der Waals surface area contributed by atoms with Crippen molar-refractivity contribution in [3.05, 3.63) is 103 Å². The number of nitrogens with one attached hydrogen (secondary N) is 3. The van der Waals surface area contributed by atoms with Gasteiger partial charge in [0.05, 0.1) is 16.3 Å². The number of H-pyrrole nitrogens is 1. The molecule has 8 nitrogen and oxygen atoms in total. The van der Waals surface area contributed by atoms with Crippen LogP contribution < -0.4 is 10.0 Å². The molecule has 198 valence electrons. The lowest BCUT2D eigenvalue weighted by atomic mass is 10.1. The summed E-state index contributed by atoms with van der Waals surface area (Å²) in [6.45, 7) is 0.633. The molecule has 0 aliphatic rings. The molecule has 0 unspecified atom stereocenters. The van der Waals surface area contributed by atoms with Gasteiger partial charge in [0.2, 0.25) is 10.0 Å². The molecule has 5 aromatic rings. The second-order valence-corrected chi connectivity index (χ2v) is 10.6. The Bertz CT molecular complexity index is 1690. The Hall–Kier alpha value is -4.54. The first kappa shape index (κ1) is 26.1. The second kappa shape index (κ2) is 11.5. The zero-order valence-corrected chi connectivity index (χ0v) is 21.6. The summed E-state index contributed by atoms with van der Waals surface area (Å²) >= 11 is 0. The number of hydrogen-bond donors (Lipinski definition) is 4. The summed E-state index contributed by atoms with van der Waals surface area (Å²) in [4.78, 5) is 12.5. The van der Waals surface area contributed by atoms with Gasteiger partial charge in [0, 0.05) is 36.0 Å². The van der Waals surface area contributed by atoms with Crippen LogP contribution in [0.3, 0.4) is 0 Å². The van der Waals surface area contributed by atoms with E-state index in [2.05, 4.69) is 20.0 Å². The third-order valence-electron chi connectivity index (χ3n) is 5.98. The molecule has 0 spiro atoms. The van der Waals surface area contributed by atoms with Gasteiger partial charge in [0.1, 0.15) is 23.2 Å². The topological polar surface area (TPSA) is 120 Å². The van der Waals surface area contributed by atoms with Crippen LogP contribution >= 0.6 is 0 Å². The average Bonchev–Trinajstić information content (AvgIpc) is 3.39. The van der Waals surface area contributed by atoms with Crippen LogP contribution in [-0.2, 0) is 10.0 Å². The van der Waals surface area contributed by atoms with Crippen molar-refractivity contribution in [3.8, 4) is 39.7 Å². The quantitative estimate of drug-likeness (QED) is 0.174. The number of benzene rings is 3. The van der Waals surface area contributed by atoms with Crippen LogP contribution in [-0.4, -0.2) is 41.6 Å². The molecular formula is C29H26FN5O3S. The smallest absolute Gasteiger partial charge is 0.240 e. The van der Waals surface area contributed by atoms with Crippen molar-refractivity contribution in [3.63, 3.8) is 0 Å². The van der Waals surface area contributed by atoms with Gasteiger partial charge in [0.15, 0.2) is 0 Å². The van der Waals surface area contributed by atoms with E-state index in [1.807, 2.05) is 48.5 Å². The van der Waals surface area contributed by atoms with Gasteiger partial charge in [-0.05, 0) is 48.9 Å². The lowest BCUT2D eigenvalue weighted by molar-refractivity contribution is 0.475. The zero-order valence-electron chi connectivity index (χ0n) is 20.8. The number of pyridine rings is 1. The normalized spacial score (nSPS) is 11.4. The number of halogens is 1. The number of phenols is 1. The van der Waals surface area contributed by atoms with Gasteiger partial charge in [-0.1, -0.05) is 48.5 Å². The lowest BCUT2D eigenvalue weighted by Crippen LogP contribution is -2.26. The second-order valence-electron chi connectivity index (χ2n) is 8.79. The van der Waals surface area contributed by atoms with E-state index in [1.165, 1.54) is 18.2 Å². The Morgan fingerprint density at radius 3 is 2.44 bits per heavy atom. The van der Waals surface area contributed by atoms with Gasteiger partial charge in [-0.3, -0.25) is 0 Å². The Morgan fingerprint density at radius 2 is 1.64 bits per heavy atom. The van der Waals surface area contributed by atoms with Crippen molar-refractivity contribution in [1.29, 1.82) is 0 Å². The van der Waals surface area contributed by atoms with Crippen LogP contribution in [0, 0.1) is 5.82 Å². The molecule has 39 heavy (non-hydrogen) atoms. The van der Waals surface area contributed by atoms with E-state index in [0.717, 1.165) is 28.5 Å². The largest absolute Gasteiger partial charge is 0.508 e. The third-order valence-corrected chi connectivity index (χ3v) is 7.44. The fourth-order valence-corrected chi connectivity index (χ4v) is 5.19. The number of aromatic amines is 1. The van der Waals surface area contributed by atoms with Gasteiger partial charge < -0.3 is 15.4 Å². The van der Waals surface area contributed by atoms with Gasteiger partial charge in [0.25, 0.3) is 0 Å². The first-order chi connectivity index (χ1) is 18.9. The van der Waals surface area contributed by atoms with Crippen LogP contribution in [0.2, 0.25) is 0 Å². The fraction of sp³-hybridized carbons (Fsp3) is 0.103. The van der Waals surface area contributed by atoms with Crippen molar-refractivity contribution in [1.82, 2.24) is 19.7 Å². The van der Waals surface area contributed by atoms with Crippen molar-refractivity contribution < 1.29 is 17.9 Å². The van der Waals surface area contributed by atoms with E-state index in [4.69, 9.17) is 4.98 Å². The zero-order chi connectivity index (χ0) is 27.2. The summed E-state index contributed by atoms with van der Waals surface area (Å²) in [6.07, 6.45) is 2.16. The Balaban J connectivity index is 1.31. The minimum atomic E-state index is -3.79. The molecule has 0 amide bonds. The maximum absolute atomic E-state index is 13.4. The lowest BCUT2D eigenvalue weighted by Gasteiger charge is -2.09. The number of anilines is 1. The van der Waals surface area contributed by atoms with E-state index in [-0.39, 0.29) is 17.2 Å². The predicted molar refractivity (Wildman–Crippen MR) is 149 cm³/mol. The molecular weight excluding hydrogens is 517 g/mol. The number of rotatable bonds is 10. The third kappa shape index (κ3) is 6.31. The summed E-state index contributed by atoms with van der Waals surface area (Å²) in [5.41, 5.74) is 3.99. The molecule has 0 saturated carbocycles. The minimum Gasteiger partial charge on any atom is -0.508 e. The Kier molecular flexibility index (Phi) is 7.67. The summed E-state index contributed by atoms with van der Waals surface area (Å²) in [5.74, 6) is 0.845. The molecule has 0 fully saturated rings. The summed E-state index contributed by atoms with van der Waals surface area (Å²) in [7, 11) is -3.79. The molecule has 2 aromatic heterocycles. The minimum absolute atomic E-state index is 0.109. The molecule has 0 atom stereocenters.